The van der Waals surface area contributed by atoms with Gasteiger partial charge in [-0.3, -0.25) is 14.5 Å². The second kappa shape index (κ2) is 9.34. The van der Waals surface area contributed by atoms with Crippen molar-refractivity contribution < 1.29 is 24.2 Å². The van der Waals surface area contributed by atoms with Crippen molar-refractivity contribution >= 4 is 29.0 Å². The van der Waals surface area contributed by atoms with Crippen LogP contribution in [0.15, 0.2) is 60.0 Å². The molecule has 150 valence electrons. The quantitative estimate of drug-likeness (QED) is 0.517. The second-order valence-corrected chi connectivity index (χ2v) is 7.21. The zero-order valence-corrected chi connectivity index (χ0v) is 16.8. The highest BCUT2D eigenvalue weighted by Gasteiger charge is 2.34. The number of aromatic hydroxyl groups is 1. The molecule has 0 aliphatic carbocycles. The molecule has 0 atom stereocenters. The van der Waals surface area contributed by atoms with Gasteiger partial charge in [0, 0.05) is 5.56 Å². The fourth-order valence-corrected chi connectivity index (χ4v) is 3.72. The zero-order chi connectivity index (χ0) is 20.8. The van der Waals surface area contributed by atoms with Crippen LogP contribution < -0.4 is 9.47 Å². The summed E-state index contributed by atoms with van der Waals surface area (Å²) in [4.78, 5) is 26.4. The van der Waals surface area contributed by atoms with Crippen LogP contribution in [0.1, 0.15) is 11.1 Å². The second-order valence-electron chi connectivity index (χ2n) is 6.22. The van der Waals surface area contributed by atoms with Crippen molar-refractivity contribution in [3.63, 3.8) is 0 Å². The number of phenolic OH excluding ortho intramolecular Hbond substituents is 1. The number of carbonyl (C=O) groups is 2. The summed E-state index contributed by atoms with van der Waals surface area (Å²) in [7, 11) is 1.46. The molecule has 29 heavy (non-hydrogen) atoms. The van der Waals surface area contributed by atoms with E-state index in [1.54, 1.807) is 24.3 Å². The summed E-state index contributed by atoms with van der Waals surface area (Å²) in [5.41, 5.74) is 1.28. The molecule has 0 unspecified atom stereocenters. The normalized spacial score (nSPS) is 15.1. The van der Waals surface area contributed by atoms with E-state index in [0.717, 1.165) is 11.8 Å². The molecule has 0 spiro atoms. The summed E-state index contributed by atoms with van der Waals surface area (Å²) in [6.07, 6.45) is 3.73. The highest BCUT2D eigenvalue weighted by molar-refractivity contribution is 8.18. The molecule has 1 N–H and O–H groups in total. The third-order valence-electron chi connectivity index (χ3n) is 4.26. The van der Waals surface area contributed by atoms with Gasteiger partial charge in [-0.15, -0.1) is 6.58 Å². The summed E-state index contributed by atoms with van der Waals surface area (Å²) < 4.78 is 10.8. The Kier molecular flexibility index (Phi) is 6.61. The number of hydrogen-bond donors (Lipinski definition) is 1. The largest absolute Gasteiger partial charge is 0.504 e. The lowest BCUT2D eigenvalue weighted by Gasteiger charge is -2.13. The van der Waals surface area contributed by atoms with Gasteiger partial charge in [0.1, 0.15) is 12.4 Å². The van der Waals surface area contributed by atoms with E-state index in [1.165, 1.54) is 12.0 Å². The standard InChI is InChI=1S/C22H21NO5S/c1-3-7-16-12-15(13-18(27-2)20(16)24)14-19-21(25)23(22(26)29-19)10-11-28-17-8-5-4-6-9-17/h3-6,8-9,12-14,24H,1,7,10-11H2,2H3/b19-14-. The molecule has 0 radical (unpaired) electrons. The molecule has 0 aromatic heterocycles. The Morgan fingerprint density at radius 2 is 1.97 bits per heavy atom. The Hall–Kier alpha value is -3.19. The Labute approximate surface area is 173 Å². The number of imide groups is 1. The molecule has 3 rings (SSSR count). The molecule has 0 saturated carbocycles. The first-order valence-electron chi connectivity index (χ1n) is 8.97. The summed E-state index contributed by atoms with van der Waals surface area (Å²) >= 11 is 0.879. The summed E-state index contributed by atoms with van der Waals surface area (Å²) in [5, 5.41) is 9.85. The van der Waals surface area contributed by atoms with Gasteiger partial charge in [0.05, 0.1) is 18.6 Å². The van der Waals surface area contributed by atoms with Gasteiger partial charge in [-0.1, -0.05) is 24.3 Å². The number of ether oxygens (including phenoxy) is 2. The Bertz CT molecular complexity index is 955. The molecule has 2 aromatic rings. The molecule has 1 fully saturated rings. The molecule has 2 amide bonds. The maximum absolute atomic E-state index is 12.7. The number of phenols is 1. The number of carbonyl (C=O) groups excluding carboxylic acids is 2. The number of allylic oxidation sites excluding steroid dienone is 1. The van der Waals surface area contributed by atoms with Gasteiger partial charge in [0.15, 0.2) is 11.5 Å². The summed E-state index contributed by atoms with van der Waals surface area (Å²) in [6.45, 7) is 4.06. The fourth-order valence-electron chi connectivity index (χ4n) is 2.85. The van der Waals surface area contributed by atoms with Crippen LogP contribution in [0.4, 0.5) is 4.79 Å². The third kappa shape index (κ3) is 4.81. The van der Waals surface area contributed by atoms with E-state index < -0.39 is 0 Å². The molecule has 0 bridgehead atoms. The first kappa shape index (κ1) is 20.5. The van der Waals surface area contributed by atoms with Crippen molar-refractivity contribution in [3.8, 4) is 17.2 Å². The first-order valence-corrected chi connectivity index (χ1v) is 9.79. The van der Waals surface area contributed by atoms with Gasteiger partial charge in [0.25, 0.3) is 11.1 Å². The van der Waals surface area contributed by atoms with Gasteiger partial charge in [-0.05, 0) is 54.1 Å². The van der Waals surface area contributed by atoms with Gasteiger partial charge in [-0.25, -0.2) is 0 Å². The molecule has 1 saturated heterocycles. The van der Waals surface area contributed by atoms with Crippen LogP contribution in [0.3, 0.4) is 0 Å². The predicted molar refractivity (Wildman–Crippen MR) is 113 cm³/mol. The van der Waals surface area contributed by atoms with E-state index in [4.69, 9.17) is 9.47 Å². The number of para-hydroxylation sites is 1. The Morgan fingerprint density at radius 1 is 1.21 bits per heavy atom. The number of benzene rings is 2. The van der Waals surface area contributed by atoms with E-state index in [9.17, 15) is 14.7 Å². The summed E-state index contributed by atoms with van der Waals surface area (Å²) in [6, 6.07) is 12.6. The van der Waals surface area contributed by atoms with Crippen LogP contribution in [0, 0.1) is 0 Å². The number of nitrogens with zero attached hydrogens (tertiary/aromatic N) is 1. The van der Waals surface area contributed by atoms with Crippen molar-refractivity contribution in [1.82, 2.24) is 4.90 Å². The van der Waals surface area contributed by atoms with E-state index in [0.29, 0.717) is 34.0 Å². The lowest BCUT2D eigenvalue weighted by Crippen LogP contribution is -2.32. The molecule has 7 heteroatoms. The molecular formula is C22H21NO5S. The fraction of sp³-hybridized carbons (Fsp3) is 0.182. The van der Waals surface area contributed by atoms with Gasteiger partial charge < -0.3 is 14.6 Å². The maximum Gasteiger partial charge on any atom is 0.293 e. The molecule has 6 nitrogen and oxygen atoms in total. The van der Waals surface area contributed by atoms with Crippen molar-refractivity contribution in [2.24, 2.45) is 0 Å². The molecule has 1 aliphatic rings. The predicted octanol–water partition coefficient (Wildman–Crippen LogP) is 4.24. The average molecular weight is 411 g/mol. The Balaban J connectivity index is 1.74. The highest BCUT2D eigenvalue weighted by atomic mass is 32.2. The van der Waals surface area contributed by atoms with Crippen molar-refractivity contribution in [1.29, 1.82) is 0 Å². The highest BCUT2D eigenvalue weighted by Crippen LogP contribution is 2.36. The number of amides is 2. The lowest BCUT2D eigenvalue weighted by atomic mass is 10.1. The minimum atomic E-state index is -0.367. The van der Waals surface area contributed by atoms with Crippen molar-refractivity contribution in [2.45, 2.75) is 6.42 Å². The van der Waals surface area contributed by atoms with Crippen LogP contribution in [0.5, 0.6) is 17.2 Å². The lowest BCUT2D eigenvalue weighted by molar-refractivity contribution is -0.123. The maximum atomic E-state index is 12.7. The molecule has 2 aromatic carbocycles. The molecule has 1 heterocycles. The molecule has 1 aliphatic heterocycles. The van der Waals surface area contributed by atoms with Crippen LogP contribution in [-0.2, 0) is 11.2 Å². The number of methoxy groups -OCH3 is 1. The van der Waals surface area contributed by atoms with E-state index in [2.05, 4.69) is 6.58 Å². The minimum Gasteiger partial charge on any atom is -0.504 e. The van der Waals surface area contributed by atoms with Crippen LogP contribution in [-0.4, -0.2) is 41.4 Å². The smallest absolute Gasteiger partial charge is 0.293 e. The molecular weight excluding hydrogens is 390 g/mol. The monoisotopic (exact) mass is 411 g/mol. The van der Waals surface area contributed by atoms with Crippen molar-refractivity contribution in [2.75, 3.05) is 20.3 Å². The number of rotatable bonds is 8. The average Bonchev–Trinajstić information content (AvgIpc) is 2.98. The SMILES string of the molecule is C=CCc1cc(/C=C2\SC(=O)N(CCOc3ccccc3)C2=O)cc(OC)c1O. The number of thioether (sulfide) groups is 1. The minimum absolute atomic E-state index is 0.0377. The van der Waals surface area contributed by atoms with Crippen LogP contribution in [0.25, 0.3) is 6.08 Å². The Morgan fingerprint density at radius 3 is 2.66 bits per heavy atom. The summed E-state index contributed by atoms with van der Waals surface area (Å²) in [5.74, 6) is 0.650. The van der Waals surface area contributed by atoms with Gasteiger partial charge in [-0.2, -0.15) is 0 Å². The zero-order valence-electron chi connectivity index (χ0n) is 16.0. The van der Waals surface area contributed by atoms with E-state index in [-0.39, 0.29) is 30.0 Å². The van der Waals surface area contributed by atoms with E-state index in [1.807, 2.05) is 30.3 Å². The van der Waals surface area contributed by atoms with Crippen LogP contribution in [0.2, 0.25) is 0 Å². The first-order chi connectivity index (χ1) is 14.0. The van der Waals surface area contributed by atoms with E-state index >= 15 is 0 Å². The van der Waals surface area contributed by atoms with Crippen LogP contribution >= 0.6 is 11.8 Å². The third-order valence-corrected chi connectivity index (χ3v) is 5.17. The van der Waals surface area contributed by atoms with Gasteiger partial charge in [0.2, 0.25) is 0 Å². The number of hydrogen-bond acceptors (Lipinski definition) is 6. The topological polar surface area (TPSA) is 76.1 Å². The van der Waals surface area contributed by atoms with Crippen molar-refractivity contribution in [3.05, 3.63) is 71.2 Å². The van der Waals surface area contributed by atoms with Gasteiger partial charge >= 0.3 is 0 Å².